The SMILES string of the molecule is C[C@H]1CCCN(C(=O)/C=C2/Sc3ccccc3N(Cc3ccccc3Cl)C2=O)C1. The van der Waals surface area contributed by atoms with Crippen molar-refractivity contribution in [2.24, 2.45) is 5.92 Å². The van der Waals surface area contributed by atoms with Crippen molar-refractivity contribution in [2.75, 3.05) is 18.0 Å². The highest BCUT2D eigenvalue weighted by Crippen LogP contribution is 2.42. The van der Waals surface area contributed by atoms with Crippen LogP contribution in [0, 0.1) is 5.92 Å². The number of carbonyl (C=O) groups excluding carboxylic acids is 2. The van der Waals surface area contributed by atoms with E-state index in [1.165, 1.54) is 17.8 Å². The molecule has 2 amide bonds. The monoisotopic (exact) mass is 426 g/mol. The number of rotatable bonds is 3. The fourth-order valence-corrected chi connectivity index (χ4v) is 5.03. The van der Waals surface area contributed by atoms with Gasteiger partial charge in [-0.1, -0.05) is 60.6 Å². The number of benzene rings is 2. The summed E-state index contributed by atoms with van der Waals surface area (Å²) in [6.07, 6.45) is 3.67. The van der Waals surface area contributed by atoms with E-state index in [0.717, 1.165) is 42.1 Å². The molecule has 150 valence electrons. The third-order valence-electron chi connectivity index (χ3n) is 5.34. The Labute approximate surface area is 180 Å². The zero-order chi connectivity index (χ0) is 20.4. The number of halogens is 1. The van der Waals surface area contributed by atoms with Crippen molar-refractivity contribution in [3.63, 3.8) is 0 Å². The molecule has 1 atom stereocenters. The summed E-state index contributed by atoms with van der Waals surface area (Å²) >= 11 is 7.70. The molecule has 4 rings (SSSR count). The molecule has 0 bridgehead atoms. The summed E-state index contributed by atoms with van der Waals surface area (Å²) in [4.78, 5) is 31.1. The minimum absolute atomic E-state index is 0.0792. The molecule has 0 aromatic heterocycles. The molecule has 2 aromatic carbocycles. The molecule has 0 unspecified atom stereocenters. The van der Waals surface area contributed by atoms with Gasteiger partial charge in [-0.05, 0) is 42.5 Å². The van der Waals surface area contributed by atoms with Crippen LogP contribution in [0.5, 0.6) is 0 Å². The Bertz CT molecular complexity index is 975. The standard InChI is InChI=1S/C23H23ClN2O2S/c1-16-7-6-12-25(14-16)22(27)13-21-23(28)26(15-17-8-2-3-9-18(17)24)19-10-4-5-11-20(19)29-21/h2-5,8-11,13,16H,6-7,12,14-15H2,1H3/b21-13+/t16-/m0/s1. The quantitative estimate of drug-likeness (QED) is 0.639. The normalized spacial score (nSPS) is 20.7. The van der Waals surface area contributed by atoms with Crippen LogP contribution in [-0.2, 0) is 16.1 Å². The minimum atomic E-state index is -0.160. The van der Waals surface area contributed by atoms with Crippen LogP contribution in [0.3, 0.4) is 0 Å². The van der Waals surface area contributed by atoms with Gasteiger partial charge in [-0.3, -0.25) is 9.59 Å². The van der Waals surface area contributed by atoms with Crippen molar-refractivity contribution in [3.05, 3.63) is 70.1 Å². The first-order valence-electron chi connectivity index (χ1n) is 9.85. The molecule has 1 fully saturated rings. The first kappa shape index (κ1) is 20.0. The number of fused-ring (bicyclic) bond motifs is 1. The molecule has 2 aromatic rings. The largest absolute Gasteiger partial charge is 0.339 e. The van der Waals surface area contributed by atoms with E-state index < -0.39 is 0 Å². The Morgan fingerprint density at radius 3 is 2.76 bits per heavy atom. The fourth-order valence-electron chi connectivity index (χ4n) is 3.81. The molecule has 0 saturated carbocycles. The topological polar surface area (TPSA) is 40.6 Å². The lowest BCUT2D eigenvalue weighted by Crippen LogP contribution is -2.39. The Hall–Kier alpha value is -2.24. The molecule has 1 saturated heterocycles. The molecular weight excluding hydrogens is 404 g/mol. The summed E-state index contributed by atoms with van der Waals surface area (Å²) in [5.41, 5.74) is 1.72. The Morgan fingerprint density at radius 2 is 1.97 bits per heavy atom. The summed E-state index contributed by atoms with van der Waals surface area (Å²) in [7, 11) is 0. The van der Waals surface area contributed by atoms with Crippen LogP contribution in [0.15, 0.2) is 64.4 Å². The zero-order valence-corrected chi connectivity index (χ0v) is 17.9. The van der Waals surface area contributed by atoms with Crippen molar-refractivity contribution in [3.8, 4) is 0 Å². The minimum Gasteiger partial charge on any atom is -0.339 e. The van der Waals surface area contributed by atoms with E-state index >= 15 is 0 Å². The third-order valence-corrected chi connectivity index (χ3v) is 6.79. The summed E-state index contributed by atoms with van der Waals surface area (Å²) in [5.74, 6) is 0.259. The van der Waals surface area contributed by atoms with Crippen molar-refractivity contribution < 1.29 is 9.59 Å². The number of likely N-dealkylation sites (tertiary alicyclic amines) is 1. The van der Waals surface area contributed by atoms with Crippen molar-refractivity contribution in [1.82, 2.24) is 4.90 Å². The predicted octanol–water partition coefficient (Wildman–Crippen LogP) is 5.12. The van der Waals surface area contributed by atoms with Crippen LogP contribution in [0.1, 0.15) is 25.3 Å². The third kappa shape index (κ3) is 4.36. The van der Waals surface area contributed by atoms with E-state index in [9.17, 15) is 9.59 Å². The molecule has 29 heavy (non-hydrogen) atoms. The van der Waals surface area contributed by atoms with Crippen molar-refractivity contribution in [2.45, 2.75) is 31.2 Å². The van der Waals surface area contributed by atoms with Crippen LogP contribution < -0.4 is 4.90 Å². The van der Waals surface area contributed by atoms with E-state index in [0.29, 0.717) is 22.4 Å². The molecule has 4 nitrogen and oxygen atoms in total. The second-order valence-electron chi connectivity index (χ2n) is 7.59. The van der Waals surface area contributed by atoms with Gasteiger partial charge in [0.15, 0.2) is 0 Å². The highest BCUT2D eigenvalue weighted by atomic mass is 35.5. The van der Waals surface area contributed by atoms with Crippen LogP contribution in [0.25, 0.3) is 0 Å². The summed E-state index contributed by atoms with van der Waals surface area (Å²) in [6.45, 7) is 4.03. The van der Waals surface area contributed by atoms with Crippen LogP contribution >= 0.6 is 23.4 Å². The van der Waals surface area contributed by atoms with Gasteiger partial charge in [0, 0.05) is 29.1 Å². The number of carbonyl (C=O) groups is 2. The second kappa shape index (κ2) is 8.64. The van der Waals surface area contributed by atoms with Gasteiger partial charge in [-0.25, -0.2) is 0 Å². The van der Waals surface area contributed by atoms with E-state index in [4.69, 9.17) is 11.6 Å². The summed E-state index contributed by atoms with van der Waals surface area (Å²) < 4.78 is 0. The molecular formula is C23H23ClN2O2S. The van der Waals surface area contributed by atoms with E-state index in [1.807, 2.05) is 53.4 Å². The van der Waals surface area contributed by atoms with Gasteiger partial charge in [-0.15, -0.1) is 0 Å². The molecule has 2 heterocycles. The Morgan fingerprint density at radius 1 is 1.21 bits per heavy atom. The van der Waals surface area contributed by atoms with E-state index in [-0.39, 0.29) is 11.8 Å². The van der Waals surface area contributed by atoms with Gasteiger partial charge >= 0.3 is 0 Å². The van der Waals surface area contributed by atoms with Crippen LogP contribution in [0.2, 0.25) is 5.02 Å². The maximum Gasteiger partial charge on any atom is 0.265 e. The molecule has 6 heteroatoms. The number of para-hydroxylation sites is 1. The van der Waals surface area contributed by atoms with Gasteiger partial charge in [-0.2, -0.15) is 0 Å². The van der Waals surface area contributed by atoms with E-state index in [2.05, 4.69) is 6.92 Å². The molecule has 0 radical (unpaired) electrons. The Balaban J connectivity index is 1.64. The number of thioether (sulfide) groups is 1. The average Bonchev–Trinajstić information content (AvgIpc) is 2.72. The Kier molecular flexibility index (Phi) is 5.97. The van der Waals surface area contributed by atoms with Gasteiger partial charge in [0.05, 0.1) is 17.1 Å². The number of hydrogen-bond donors (Lipinski definition) is 0. The number of amides is 2. The van der Waals surface area contributed by atoms with Crippen molar-refractivity contribution in [1.29, 1.82) is 0 Å². The first-order valence-corrected chi connectivity index (χ1v) is 11.0. The van der Waals surface area contributed by atoms with Gasteiger partial charge in [0.1, 0.15) is 0 Å². The molecule has 0 spiro atoms. The highest BCUT2D eigenvalue weighted by Gasteiger charge is 2.31. The van der Waals surface area contributed by atoms with E-state index in [1.54, 1.807) is 4.90 Å². The number of hydrogen-bond acceptors (Lipinski definition) is 3. The number of nitrogens with zero attached hydrogens (tertiary/aromatic N) is 2. The lowest BCUT2D eigenvalue weighted by atomic mass is 10.0. The zero-order valence-electron chi connectivity index (χ0n) is 16.3. The molecule has 0 aliphatic carbocycles. The summed E-state index contributed by atoms with van der Waals surface area (Å²) in [6, 6.07) is 15.3. The lowest BCUT2D eigenvalue weighted by Gasteiger charge is -2.32. The maximum absolute atomic E-state index is 13.3. The average molecular weight is 427 g/mol. The first-order chi connectivity index (χ1) is 14.0. The molecule has 2 aliphatic heterocycles. The smallest absolute Gasteiger partial charge is 0.265 e. The maximum atomic E-state index is 13.3. The van der Waals surface area contributed by atoms with Crippen molar-refractivity contribution >= 4 is 40.9 Å². The van der Waals surface area contributed by atoms with Crippen LogP contribution in [0.4, 0.5) is 5.69 Å². The predicted molar refractivity (Wildman–Crippen MR) is 118 cm³/mol. The lowest BCUT2D eigenvalue weighted by molar-refractivity contribution is -0.128. The van der Waals surface area contributed by atoms with Gasteiger partial charge < -0.3 is 9.80 Å². The second-order valence-corrected chi connectivity index (χ2v) is 9.08. The van der Waals surface area contributed by atoms with Crippen LogP contribution in [-0.4, -0.2) is 29.8 Å². The summed E-state index contributed by atoms with van der Waals surface area (Å²) in [5, 5.41) is 0.625. The van der Waals surface area contributed by atoms with Gasteiger partial charge in [0.25, 0.3) is 5.91 Å². The highest BCUT2D eigenvalue weighted by molar-refractivity contribution is 8.04. The molecule has 2 aliphatic rings. The van der Waals surface area contributed by atoms with Gasteiger partial charge in [0.2, 0.25) is 5.91 Å². The fraction of sp³-hybridized carbons (Fsp3) is 0.304. The number of anilines is 1. The number of piperidine rings is 1. The molecule has 0 N–H and O–H groups in total.